The Morgan fingerprint density at radius 3 is 2.86 bits per heavy atom. The molecule has 1 aromatic heterocycles. The van der Waals surface area contributed by atoms with Gasteiger partial charge in [-0.1, -0.05) is 18.2 Å². The summed E-state index contributed by atoms with van der Waals surface area (Å²) in [6.07, 6.45) is 4.41. The van der Waals surface area contributed by atoms with Crippen LogP contribution in [0.1, 0.15) is 34.9 Å². The van der Waals surface area contributed by atoms with Gasteiger partial charge in [-0.3, -0.25) is 4.79 Å². The Labute approximate surface area is 124 Å². The predicted octanol–water partition coefficient (Wildman–Crippen LogP) is 2.57. The van der Waals surface area contributed by atoms with Crippen molar-refractivity contribution >= 4 is 11.6 Å². The van der Waals surface area contributed by atoms with Crippen molar-refractivity contribution in [2.45, 2.75) is 25.4 Å². The van der Waals surface area contributed by atoms with E-state index < -0.39 is 0 Å². The van der Waals surface area contributed by atoms with E-state index in [4.69, 9.17) is 0 Å². The van der Waals surface area contributed by atoms with Crippen LogP contribution in [0, 0.1) is 0 Å². The normalized spacial score (nSPS) is 18.2. The monoisotopic (exact) mass is 281 g/mol. The lowest BCUT2D eigenvalue weighted by Gasteiger charge is -2.23. The second-order valence-corrected chi connectivity index (χ2v) is 5.79. The van der Waals surface area contributed by atoms with E-state index in [0.717, 1.165) is 24.5 Å². The minimum atomic E-state index is 0.114. The Bertz CT molecular complexity index is 672. The third-order valence-electron chi connectivity index (χ3n) is 4.29. The van der Waals surface area contributed by atoms with Crippen LogP contribution in [0.4, 0.5) is 5.69 Å². The number of para-hydroxylation sites is 1. The first kappa shape index (κ1) is 12.7. The second-order valence-electron chi connectivity index (χ2n) is 5.79. The van der Waals surface area contributed by atoms with Gasteiger partial charge >= 0.3 is 0 Å². The Morgan fingerprint density at radius 2 is 2.00 bits per heavy atom. The molecule has 4 rings (SSSR count). The number of hydrogen-bond acceptors (Lipinski definition) is 2. The van der Waals surface area contributed by atoms with Gasteiger partial charge < -0.3 is 14.8 Å². The Hall–Kier alpha value is -2.07. The molecule has 0 atom stereocenters. The van der Waals surface area contributed by atoms with Crippen LogP contribution in [0.25, 0.3) is 0 Å². The molecular weight excluding hydrogens is 262 g/mol. The van der Waals surface area contributed by atoms with Crippen LogP contribution in [0.2, 0.25) is 0 Å². The highest BCUT2D eigenvalue weighted by Crippen LogP contribution is 2.36. The van der Waals surface area contributed by atoms with Crippen molar-refractivity contribution in [3.05, 3.63) is 53.9 Å². The van der Waals surface area contributed by atoms with Gasteiger partial charge in [0.05, 0.1) is 0 Å². The average Bonchev–Trinajstić information content (AvgIpc) is 3.28. The van der Waals surface area contributed by atoms with Crippen molar-refractivity contribution in [2.24, 2.45) is 0 Å². The molecule has 2 aromatic rings. The highest BCUT2D eigenvalue weighted by Gasteiger charge is 2.29. The fraction of sp³-hybridized carbons (Fsp3) is 0.353. The lowest BCUT2D eigenvalue weighted by molar-refractivity contribution is 0.0978. The summed E-state index contributed by atoms with van der Waals surface area (Å²) >= 11 is 0. The molecule has 1 aromatic carbocycles. The highest BCUT2D eigenvalue weighted by molar-refractivity contribution is 6.05. The zero-order valence-corrected chi connectivity index (χ0v) is 12.0. The Kier molecular flexibility index (Phi) is 3.04. The van der Waals surface area contributed by atoms with Gasteiger partial charge in [0.25, 0.3) is 5.91 Å². The topological polar surface area (TPSA) is 37.3 Å². The molecule has 4 heteroatoms. The van der Waals surface area contributed by atoms with E-state index in [2.05, 4.69) is 16.0 Å². The summed E-state index contributed by atoms with van der Waals surface area (Å²) in [5, 5.41) is 3.38. The maximum Gasteiger partial charge on any atom is 0.274 e. The second kappa shape index (κ2) is 5.04. The highest BCUT2D eigenvalue weighted by atomic mass is 16.2. The summed E-state index contributed by atoms with van der Waals surface area (Å²) < 4.78 is 2.14. The third kappa shape index (κ3) is 2.25. The zero-order valence-electron chi connectivity index (χ0n) is 12.0. The van der Waals surface area contributed by atoms with Gasteiger partial charge in [0, 0.05) is 37.6 Å². The van der Waals surface area contributed by atoms with Crippen molar-refractivity contribution in [1.82, 2.24) is 9.88 Å². The molecule has 1 fully saturated rings. The molecule has 108 valence electrons. The number of anilines is 1. The lowest BCUT2D eigenvalue weighted by Crippen LogP contribution is -2.35. The molecule has 0 saturated heterocycles. The minimum Gasteiger partial charge on any atom is -0.340 e. The van der Waals surface area contributed by atoms with E-state index >= 15 is 0 Å². The van der Waals surface area contributed by atoms with E-state index in [1.165, 1.54) is 18.4 Å². The van der Waals surface area contributed by atoms with Crippen LogP contribution in [-0.2, 0) is 6.54 Å². The van der Waals surface area contributed by atoms with Crippen molar-refractivity contribution in [2.75, 3.05) is 18.0 Å². The molecule has 0 unspecified atom stereocenters. The summed E-state index contributed by atoms with van der Waals surface area (Å²) in [6.45, 7) is 2.36. The van der Waals surface area contributed by atoms with Gasteiger partial charge in [0.2, 0.25) is 0 Å². The van der Waals surface area contributed by atoms with E-state index in [0.29, 0.717) is 12.6 Å². The Morgan fingerprint density at radius 1 is 1.14 bits per heavy atom. The third-order valence-corrected chi connectivity index (χ3v) is 4.29. The molecule has 21 heavy (non-hydrogen) atoms. The fourth-order valence-electron chi connectivity index (χ4n) is 3.05. The number of nitrogens with zero attached hydrogens (tertiary/aromatic N) is 2. The van der Waals surface area contributed by atoms with Gasteiger partial charge in [-0.2, -0.15) is 0 Å². The number of carbonyl (C=O) groups excluding carboxylic acids is 1. The number of carbonyl (C=O) groups is 1. The van der Waals surface area contributed by atoms with Gasteiger partial charge in [-0.05, 0) is 36.6 Å². The van der Waals surface area contributed by atoms with Crippen molar-refractivity contribution in [1.29, 1.82) is 0 Å². The molecular formula is C17H19N3O. The van der Waals surface area contributed by atoms with Crippen molar-refractivity contribution in [3.63, 3.8) is 0 Å². The predicted molar refractivity (Wildman–Crippen MR) is 82.5 cm³/mol. The first-order valence-corrected chi connectivity index (χ1v) is 7.62. The quantitative estimate of drug-likeness (QED) is 0.918. The van der Waals surface area contributed by atoms with Crippen LogP contribution in [0.15, 0.2) is 42.6 Å². The summed E-state index contributed by atoms with van der Waals surface area (Å²) in [4.78, 5) is 14.9. The number of hydrogen-bond donors (Lipinski definition) is 1. The fourth-order valence-corrected chi connectivity index (χ4v) is 3.05. The van der Waals surface area contributed by atoms with Gasteiger partial charge in [-0.15, -0.1) is 0 Å². The molecule has 4 nitrogen and oxygen atoms in total. The lowest BCUT2D eigenvalue weighted by atomic mass is 10.1. The maximum atomic E-state index is 13.0. The number of nitrogens with one attached hydrogen (secondary N) is 1. The number of aromatic nitrogens is 1. The van der Waals surface area contributed by atoms with Crippen LogP contribution >= 0.6 is 0 Å². The molecule has 1 amide bonds. The molecule has 1 saturated carbocycles. The standard InChI is InChI=1S/C17H19N3O/c21-17(16-6-3-10-19(16)14-7-8-14)20-11-9-18-12-13-4-1-2-5-15(13)20/h1-6,10,14,18H,7-9,11-12H2. The summed E-state index contributed by atoms with van der Waals surface area (Å²) in [7, 11) is 0. The summed E-state index contributed by atoms with van der Waals surface area (Å²) in [6, 6.07) is 12.6. The number of benzene rings is 1. The van der Waals surface area contributed by atoms with E-state index in [1.807, 2.05) is 41.4 Å². The molecule has 0 radical (unpaired) electrons. The number of rotatable bonds is 2. The van der Waals surface area contributed by atoms with Gasteiger partial charge in [0.1, 0.15) is 5.69 Å². The van der Waals surface area contributed by atoms with Crippen LogP contribution in [0.3, 0.4) is 0 Å². The minimum absolute atomic E-state index is 0.114. The van der Waals surface area contributed by atoms with E-state index in [-0.39, 0.29) is 5.91 Å². The van der Waals surface area contributed by atoms with Crippen molar-refractivity contribution < 1.29 is 4.79 Å². The molecule has 1 aliphatic carbocycles. The molecule has 2 heterocycles. The smallest absolute Gasteiger partial charge is 0.274 e. The molecule has 2 aliphatic rings. The summed E-state index contributed by atoms with van der Waals surface area (Å²) in [5.41, 5.74) is 3.04. The van der Waals surface area contributed by atoms with Crippen LogP contribution in [-0.4, -0.2) is 23.6 Å². The maximum absolute atomic E-state index is 13.0. The Balaban J connectivity index is 1.72. The van der Waals surface area contributed by atoms with E-state index in [1.54, 1.807) is 0 Å². The first-order chi connectivity index (χ1) is 10.3. The number of amides is 1. The summed E-state index contributed by atoms with van der Waals surface area (Å²) in [5.74, 6) is 0.114. The van der Waals surface area contributed by atoms with Crippen molar-refractivity contribution in [3.8, 4) is 0 Å². The van der Waals surface area contributed by atoms with Gasteiger partial charge in [0.15, 0.2) is 0 Å². The van der Waals surface area contributed by atoms with E-state index in [9.17, 15) is 4.79 Å². The zero-order chi connectivity index (χ0) is 14.2. The molecule has 0 spiro atoms. The SMILES string of the molecule is O=C(c1cccn1C1CC1)N1CCNCc2ccccc21. The van der Waals surface area contributed by atoms with Gasteiger partial charge in [-0.25, -0.2) is 0 Å². The molecule has 1 aliphatic heterocycles. The number of fused-ring (bicyclic) bond motifs is 1. The average molecular weight is 281 g/mol. The first-order valence-electron chi connectivity index (χ1n) is 7.62. The largest absolute Gasteiger partial charge is 0.340 e. The molecule has 1 N–H and O–H groups in total. The van der Waals surface area contributed by atoms with Crippen LogP contribution < -0.4 is 10.2 Å². The molecule has 0 bridgehead atoms. The van der Waals surface area contributed by atoms with Crippen LogP contribution in [0.5, 0.6) is 0 Å².